The summed E-state index contributed by atoms with van der Waals surface area (Å²) in [6, 6.07) is -0.187. The summed E-state index contributed by atoms with van der Waals surface area (Å²) in [4.78, 5) is 18.9. The minimum absolute atomic E-state index is 0.0547. The van der Waals surface area contributed by atoms with Crippen LogP contribution in [0.5, 0.6) is 0 Å². The molecule has 1 aromatic heterocycles. The Bertz CT molecular complexity index is 594. The first-order chi connectivity index (χ1) is 8.76. The van der Waals surface area contributed by atoms with E-state index in [4.69, 9.17) is 0 Å². The summed E-state index contributed by atoms with van der Waals surface area (Å²) in [5.74, 6) is -0.0547. The summed E-state index contributed by atoms with van der Waals surface area (Å²) in [5, 5.41) is 0.867. The van der Waals surface area contributed by atoms with E-state index in [-0.39, 0.29) is 11.9 Å². The highest BCUT2D eigenvalue weighted by atomic mass is 32.2. The second kappa shape index (κ2) is 5.18. The van der Waals surface area contributed by atoms with E-state index in [9.17, 15) is 13.2 Å². The molecule has 8 heteroatoms. The molecule has 2 heterocycles. The van der Waals surface area contributed by atoms with Crippen LogP contribution in [0.4, 0.5) is 0 Å². The third kappa shape index (κ3) is 3.52. The highest BCUT2D eigenvalue weighted by Crippen LogP contribution is 2.21. The van der Waals surface area contributed by atoms with Crippen molar-refractivity contribution in [2.24, 2.45) is 0 Å². The number of rotatable bonds is 3. The van der Waals surface area contributed by atoms with Gasteiger partial charge in [0.25, 0.3) is 5.91 Å². The third-order valence-electron chi connectivity index (χ3n) is 2.95. The molecule has 1 fully saturated rings. The van der Waals surface area contributed by atoms with Crippen LogP contribution in [-0.2, 0) is 10.0 Å². The molecule has 0 aromatic carbocycles. The average Bonchev–Trinajstić information content (AvgIpc) is 2.82. The van der Waals surface area contributed by atoms with Gasteiger partial charge in [-0.1, -0.05) is 0 Å². The van der Waals surface area contributed by atoms with Crippen LogP contribution in [-0.4, -0.2) is 49.6 Å². The average molecular weight is 303 g/mol. The van der Waals surface area contributed by atoms with Crippen molar-refractivity contribution in [3.63, 3.8) is 0 Å². The predicted octanol–water partition coefficient (Wildman–Crippen LogP) is 0.524. The molecule has 1 aliphatic rings. The first kappa shape index (κ1) is 14.4. The zero-order chi connectivity index (χ0) is 14.2. The Labute approximate surface area is 116 Å². The van der Waals surface area contributed by atoms with Crippen LogP contribution < -0.4 is 4.72 Å². The van der Waals surface area contributed by atoms with Crippen LogP contribution in [0, 0.1) is 13.8 Å². The van der Waals surface area contributed by atoms with Gasteiger partial charge in [-0.3, -0.25) is 4.79 Å². The van der Waals surface area contributed by atoms with E-state index in [0.717, 1.165) is 17.0 Å². The van der Waals surface area contributed by atoms with Crippen LogP contribution >= 0.6 is 11.3 Å². The monoisotopic (exact) mass is 303 g/mol. The lowest BCUT2D eigenvalue weighted by molar-refractivity contribution is 0.0794. The number of aromatic nitrogens is 1. The largest absolute Gasteiger partial charge is 0.336 e. The molecule has 6 nitrogen and oxygen atoms in total. The molecule has 0 radical (unpaired) electrons. The van der Waals surface area contributed by atoms with Crippen molar-refractivity contribution in [1.82, 2.24) is 14.6 Å². The molecule has 0 unspecified atom stereocenters. The molecular formula is C11H17N3O3S2. The fourth-order valence-electron chi connectivity index (χ4n) is 2.22. The van der Waals surface area contributed by atoms with E-state index in [0.29, 0.717) is 24.4 Å². The quantitative estimate of drug-likeness (QED) is 0.883. The number of nitrogens with one attached hydrogen (secondary N) is 1. The standard InChI is InChI=1S/C11H17N3O3S2/c1-7-10(18-8(2)12-7)11(15)14-5-4-9(6-14)13-19(3,16)17/h9,13H,4-6H2,1-3H3/t9-/m1/s1. The minimum atomic E-state index is -3.22. The summed E-state index contributed by atoms with van der Waals surface area (Å²) in [5.41, 5.74) is 0.743. The Hall–Kier alpha value is -0.990. The van der Waals surface area contributed by atoms with Crippen molar-refractivity contribution >= 4 is 27.3 Å². The van der Waals surface area contributed by atoms with Crippen LogP contribution in [0.25, 0.3) is 0 Å². The highest BCUT2D eigenvalue weighted by molar-refractivity contribution is 7.88. The zero-order valence-corrected chi connectivity index (χ0v) is 12.8. The second-order valence-corrected chi connectivity index (χ2v) is 7.76. The number of aryl methyl sites for hydroxylation is 2. The lowest BCUT2D eigenvalue weighted by Gasteiger charge is -2.16. The molecule has 1 aromatic rings. The van der Waals surface area contributed by atoms with E-state index in [1.807, 2.05) is 13.8 Å². The molecular weight excluding hydrogens is 286 g/mol. The van der Waals surface area contributed by atoms with Gasteiger partial charge in [-0.15, -0.1) is 11.3 Å². The third-order valence-corrected chi connectivity index (χ3v) is 4.78. The Kier molecular flexibility index (Phi) is 3.93. The fourth-order valence-corrected chi connectivity index (χ4v) is 3.90. The molecule has 1 amide bonds. The van der Waals surface area contributed by atoms with Crippen molar-refractivity contribution in [1.29, 1.82) is 0 Å². The minimum Gasteiger partial charge on any atom is -0.336 e. The van der Waals surface area contributed by atoms with Crippen molar-refractivity contribution < 1.29 is 13.2 Å². The van der Waals surface area contributed by atoms with E-state index in [1.165, 1.54) is 11.3 Å². The van der Waals surface area contributed by atoms with Crippen molar-refractivity contribution in [3.8, 4) is 0 Å². The summed E-state index contributed by atoms with van der Waals surface area (Å²) >= 11 is 1.38. The van der Waals surface area contributed by atoms with Crippen LogP contribution in [0.3, 0.4) is 0 Å². The summed E-state index contributed by atoms with van der Waals surface area (Å²) in [7, 11) is -3.22. The molecule has 0 bridgehead atoms. The highest BCUT2D eigenvalue weighted by Gasteiger charge is 2.30. The Morgan fingerprint density at radius 3 is 2.68 bits per heavy atom. The van der Waals surface area contributed by atoms with E-state index >= 15 is 0 Å². The van der Waals surface area contributed by atoms with E-state index in [2.05, 4.69) is 9.71 Å². The summed E-state index contributed by atoms with van der Waals surface area (Å²) in [6.45, 7) is 4.68. The van der Waals surface area contributed by atoms with Crippen molar-refractivity contribution in [2.45, 2.75) is 26.3 Å². The smallest absolute Gasteiger partial charge is 0.265 e. The van der Waals surface area contributed by atoms with E-state index in [1.54, 1.807) is 4.90 Å². The fraction of sp³-hybridized carbons (Fsp3) is 0.636. The summed E-state index contributed by atoms with van der Waals surface area (Å²) in [6.07, 6.45) is 1.78. The molecule has 1 saturated heterocycles. The maximum Gasteiger partial charge on any atom is 0.265 e. The van der Waals surface area contributed by atoms with Crippen molar-refractivity contribution in [3.05, 3.63) is 15.6 Å². The lowest BCUT2D eigenvalue weighted by atomic mass is 10.3. The number of amides is 1. The molecule has 19 heavy (non-hydrogen) atoms. The van der Waals surface area contributed by atoms with Gasteiger partial charge in [0, 0.05) is 19.1 Å². The van der Waals surface area contributed by atoms with Gasteiger partial charge in [-0.25, -0.2) is 18.1 Å². The number of likely N-dealkylation sites (tertiary alicyclic amines) is 1. The molecule has 1 aliphatic heterocycles. The Morgan fingerprint density at radius 2 is 2.16 bits per heavy atom. The molecule has 0 aliphatic carbocycles. The first-order valence-corrected chi connectivity index (χ1v) is 8.67. The SMILES string of the molecule is Cc1nc(C)c(C(=O)N2CC[C@@H](NS(C)(=O)=O)C2)s1. The molecule has 2 rings (SSSR count). The Balaban J connectivity index is 2.05. The topological polar surface area (TPSA) is 79.4 Å². The number of sulfonamides is 1. The van der Waals surface area contributed by atoms with Gasteiger partial charge in [-0.05, 0) is 20.3 Å². The maximum absolute atomic E-state index is 12.3. The van der Waals surface area contributed by atoms with Gasteiger partial charge in [-0.2, -0.15) is 0 Å². The number of carbonyl (C=O) groups is 1. The molecule has 0 spiro atoms. The molecule has 0 saturated carbocycles. The number of hydrogen-bond donors (Lipinski definition) is 1. The van der Waals surface area contributed by atoms with Gasteiger partial charge in [0.05, 0.1) is 17.0 Å². The van der Waals surface area contributed by atoms with Gasteiger partial charge in [0.2, 0.25) is 10.0 Å². The number of thiazole rings is 1. The Morgan fingerprint density at radius 1 is 1.47 bits per heavy atom. The molecule has 1 N–H and O–H groups in total. The number of nitrogens with zero attached hydrogens (tertiary/aromatic N) is 2. The molecule has 1 atom stereocenters. The normalized spacial score (nSPS) is 19.9. The second-order valence-electron chi connectivity index (χ2n) is 4.77. The number of hydrogen-bond acceptors (Lipinski definition) is 5. The first-order valence-electron chi connectivity index (χ1n) is 5.97. The molecule has 106 valence electrons. The van der Waals surface area contributed by atoms with Gasteiger partial charge >= 0.3 is 0 Å². The van der Waals surface area contributed by atoms with Crippen molar-refractivity contribution in [2.75, 3.05) is 19.3 Å². The zero-order valence-electron chi connectivity index (χ0n) is 11.1. The van der Waals surface area contributed by atoms with Gasteiger partial charge in [0.1, 0.15) is 4.88 Å². The van der Waals surface area contributed by atoms with E-state index < -0.39 is 10.0 Å². The maximum atomic E-state index is 12.3. The van der Waals surface area contributed by atoms with Crippen LogP contribution in [0.15, 0.2) is 0 Å². The summed E-state index contributed by atoms with van der Waals surface area (Å²) < 4.78 is 24.9. The predicted molar refractivity (Wildman–Crippen MR) is 73.9 cm³/mol. The number of carbonyl (C=O) groups excluding carboxylic acids is 1. The van der Waals surface area contributed by atoms with Crippen LogP contribution in [0.2, 0.25) is 0 Å². The van der Waals surface area contributed by atoms with Crippen LogP contribution in [0.1, 0.15) is 26.8 Å². The lowest BCUT2D eigenvalue weighted by Crippen LogP contribution is -2.37. The van der Waals surface area contributed by atoms with Gasteiger partial charge < -0.3 is 4.90 Å². The van der Waals surface area contributed by atoms with Gasteiger partial charge in [0.15, 0.2) is 0 Å².